The molecular formula is C22H25N3O4S. The van der Waals surface area contributed by atoms with Gasteiger partial charge in [0.1, 0.15) is 11.5 Å². The Hall–Kier alpha value is -3.00. The van der Waals surface area contributed by atoms with Crippen LogP contribution < -0.4 is 9.47 Å². The van der Waals surface area contributed by atoms with Crippen LogP contribution >= 0.6 is 11.8 Å². The van der Waals surface area contributed by atoms with Crippen molar-refractivity contribution in [1.82, 2.24) is 15.0 Å². The third-order valence-corrected chi connectivity index (χ3v) is 5.40. The van der Waals surface area contributed by atoms with Crippen LogP contribution in [0.3, 0.4) is 0 Å². The minimum Gasteiger partial charge on any atom is -0.497 e. The molecule has 0 fully saturated rings. The normalized spacial score (nSPS) is 10.9. The van der Waals surface area contributed by atoms with Gasteiger partial charge < -0.3 is 18.9 Å². The third-order valence-electron chi connectivity index (χ3n) is 4.32. The molecule has 158 valence electrons. The summed E-state index contributed by atoms with van der Waals surface area (Å²) in [4.78, 5) is 20.0. The first-order valence-corrected chi connectivity index (χ1v) is 10.4. The SMILES string of the molecule is COc1ccc(-c2noc(CN(C)C(=O)c3ccccc3SC(C)C)n2)c(OC)c1. The Morgan fingerprint density at radius 1 is 1.17 bits per heavy atom. The lowest BCUT2D eigenvalue weighted by molar-refractivity contribution is 0.0766. The molecule has 0 bridgehead atoms. The standard InChI is InChI=1S/C22H25N3O4S/c1-14(2)30-19-9-7-6-8-17(19)22(26)25(3)13-20-23-21(24-29-20)16-11-10-15(27-4)12-18(16)28-5/h6-12,14H,13H2,1-5H3. The van der Waals surface area contributed by atoms with Crippen LogP contribution in [0.5, 0.6) is 11.5 Å². The average Bonchev–Trinajstić information content (AvgIpc) is 3.20. The zero-order valence-corrected chi connectivity index (χ0v) is 18.5. The average molecular weight is 428 g/mol. The summed E-state index contributed by atoms with van der Waals surface area (Å²) in [7, 11) is 4.88. The number of carbonyl (C=O) groups excluding carboxylic acids is 1. The second-order valence-corrected chi connectivity index (χ2v) is 8.52. The highest BCUT2D eigenvalue weighted by atomic mass is 32.2. The van der Waals surface area contributed by atoms with Crippen LogP contribution in [-0.2, 0) is 6.54 Å². The minimum absolute atomic E-state index is 0.0967. The summed E-state index contributed by atoms with van der Waals surface area (Å²) in [6, 6.07) is 13.0. The van der Waals surface area contributed by atoms with Gasteiger partial charge >= 0.3 is 0 Å². The van der Waals surface area contributed by atoms with Crippen LogP contribution in [-0.4, -0.2) is 47.5 Å². The lowest BCUT2D eigenvalue weighted by Crippen LogP contribution is -2.26. The van der Waals surface area contributed by atoms with Crippen LogP contribution in [0.2, 0.25) is 0 Å². The van der Waals surface area contributed by atoms with Gasteiger partial charge in [-0.05, 0) is 24.3 Å². The van der Waals surface area contributed by atoms with Gasteiger partial charge in [0.05, 0.1) is 31.9 Å². The van der Waals surface area contributed by atoms with Gasteiger partial charge in [-0.15, -0.1) is 11.8 Å². The van der Waals surface area contributed by atoms with Crippen LogP contribution in [0.1, 0.15) is 30.1 Å². The fourth-order valence-corrected chi connectivity index (χ4v) is 3.84. The Bertz CT molecular complexity index is 1020. The second kappa shape index (κ2) is 9.67. The van der Waals surface area contributed by atoms with Crippen molar-refractivity contribution in [3.05, 3.63) is 53.9 Å². The van der Waals surface area contributed by atoms with E-state index in [1.807, 2.05) is 24.3 Å². The van der Waals surface area contributed by atoms with E-state index in [-0.39, 0.29) is 12.5 Å². The zero-order valence-electron chi connectivity index (χ0n) is 17.7. The number of nitrogens with zero attached hydrogens (tertiary/aromatic N) is 3. The van der Waals surface area contributed by atoms with Gasteiger partial charge in [0.25, 0.3) is 5.91 Å². The minimum atomic E-state index is -0.0967. The maximum atomic E-state index is 13.0. The molecule has 0 saturated heterocycles. The molecule has 30 heavy (non-hydrogen) atoms. The number of carbonyl (C=O) groups is 1. The van der Waals surface area contributed by atoms with Crippen molar-refractivity contribution in [2.45, 2.75) is 30.5 Å². The van der Waals surface area contributed by atoms with Gasteiger partial charge in [0.15, 0.2) is 0 Å². The first-order chi connectivity index (χ1) is 14.4. The molecule has 0 aliphatic heterocycles. The van der Waals surface area contributed by atoms with Crippen molar-refractivity contribution >= 4 is 17.7 Å². The predicted molar refractivity (Wildman–Crippen MR) is 116 cm³/mol. The lowest BCUT2D eigenvalue weighted by Gasteiger charge is -2.17. The molecule has 0 N–H and O–H groups in total. The summed E-state index contributed by atoms with van der Waals surface area (Å²) in [6.07, 6.45) is 0. The van der Waals surface area contributed by atoms with E-state index in [0.717, 1.165) is 4.90 Å². The van der Waals surface area contributed by atoms with Crippen molar-refractivity contribution in [1.29, 1.82) is 0 Å². The zero-order chi connectivity index (χ0) is 21.7. The highest BCUT2D eigenvalue weighted by molar-refractivity contribution is 8.00. The summed E-state index contributed by atoms with van der Waals surface area (Å²) in [5.41, 5.74) is 1.34. The fourth-order valence-electron chi connectivity index (χ4n) is 2.89. The van der Waals surface area contributed by atoms with Crippen molar-refractivity contribution < 1.29 is 18.8 Å². The Morgan fingerprint density at radius 2 is 1.93 bits per heavy atom. The van der Waals surface area contributed by atoms with Gasteiger partial charge in [0, 0.05) is 23.3 Å². The van der Waals surface area contributed by atoms with Crippen molar-refractivity contribution in [3.8, 4) is 22.9 Å². The van der Waals surface area contributed by atoms with E-state index in [2.05, 4.69) is 24.0 Å². The summed E-state index contributed by atoms with van der Waals surface area (Å²) in [5, 5.41) is 4.42. The molecule has 7 nitrogen and oxygen atoms in total. The smallest absolute Gasteiger partial charge is 0.255 e. The summed E-state index contributed by atoms with van der Waals surface area (Å²) >= 11 is 1.66. The van der Waals surface area contributed by atoms with Gasteiger partial charge in [-0.1, -0.05) is 31.1 Å². The topological polar surface area (TPSA) is 77.7 Å². The molecular weight excluding hydrogens is 402 g/mol. The summed E-state index contributed by atoms with van der Waals surface area (Å²) in [5.74, 6) is 1.88. The first-order valence-electron chi connectivity index (χ1n) is 9.49. The number of ether oxygens (including phenoxy) is 2. The number of aromatic nitrogens is 2. The van der Waals surface area contributed by atoms with Crippen LogP contribution in [0, 0.1) is 0 Å². The fraction of sp³-hybridized carbons (Fsp3) is 0.318. The summed E-state index contributed by atoms with van der Waals surface area (Å²) < 4.78 is 16.0. The molecule has 3 rings (SSSR count). The molecule has 0 radical (unpaired) electrons. The van der Waals surface area contributed by atoms with Crippen LogP contribution in [0.15, 0.2) is 51.9 Å². The quantitative estimate of drug-likeness (QED) is 0.489. The number of benzene rings is 2. The first kappa shape index (κ1) is 21.7. The highest BCUT2D eigenvalue weighted by Crippen LogP contribution is 2.32. The maximum Gasteiger partial charge on any atom is 0.255 e. The van der Waals surface area contributed by atoms with E-state index >= 15 is 0 Å². The molecule has 0 atom stereocenters. The van der Waals surface area contributed by atoms with E-state index in [1.54, 1.807) is 56.1 Å². The van der Waals surface area contributed by atoms with Gasteiger partial charge in [-0.25, -0.2) is 0 Å². The van der Waals surface area contributed by atoms with Crippen LogP contribution in [0.25, 0.3) is 11.4 Å². The van der Waals surface area contributed by atoms with Crippen molar-refractivity contribution in [2.24, 2.45) is 0 Å². The number of rotatable bonds is 8. The molecule has 0 aliphatic carbocycles. The third kappa shape index (κ3) is 4.94. The molecule has 0 spiro atoms. The number of amides is 1. The summed E-state index contributed by atoms with van der Waals surface area (Å²) in [6.45, 7) is 4.40. The number of hydrogen-bond donors (Lipinski definition) is 0. The van der Waals surface area contributed by atoms with E-state index in [0.29, 0.717) is 39.6 Å². The molecule has 3 aromatic rings. The molecule has 8 heteroatoms. The molecule has 0 aliphatic rings. The number of thioether (sulfide) groups is 1. The van der Waals surface area contributed by atoms with Gasteiger partial charge in [-0.2, -0.15) is 4.98 Å². The van der Waals surface area contributed by atoms with Gasteiger partial charge in [-0.3, -0.25) is 4.79 Å². The monoisotopic (exact) mass is 427 g/mol. The molecule has 1 aromatic heterocycles. The number of hydrogen-bond acceptors (Lipinski definition) is 7. The van der Waals surface area contributed by atoms with Crippen molar-refractivity contribution in [3.63, 3.8) is 0 Å². The molecule has 1 amide bonds. The second-order valence-electron chi connectivity index (χ2n) is 6.90. The van der Waals surface area contributed by atoms with E-state index in [9.17, 15) is 4.79 Å². The van der Waals surface area contributed by atoms with Gasteiger partial charge in [0.2, 0.25) is 11.7 Å². The van der Waals surface area contributed by atoms with E-state index < -0.39 is 0 Å². The highest BCUT2D eigenvalue weighted by Gasteiger charge is 2.20. The van der Waals surface area contributed by atoms with E-state index in [1.165, 1.54) is 0 Å². The Balaban J connectivity index is 1.77. The Kier molecular flexibility index (Phi) is 6.99. The van der Waals surface area contributed by atoms with Crippen molar-refractivity contribution in [2.75, 3.05) is 21.3 Å². The predicted octanol–water partition coefficient (Wildman–Crippen LogP) is 4.53. The maximum absolute atomic E-state index is 13.0. The van der Waals surface area contributed by atoms with Crippen LogP contribution in [0.4, 0.5) is 0 Å². The lowest BCUT2D eigenvalue weighted by atomic mass is 10.2. The Labute approximate surface area is 180 Å². The van der Waals surface area contributed by atoms with E-state index in [4.69, 9.17) is 14.0 Å². The molecule has 1 heterocycles. The number of methoxy groups -OCH3 is 2. The Morgan fingerprint density at radius 3 is 2.63 bits per heavy atom. The molecule has 0 saturated carbocycles. The molecule has 2 aromatic carbocycles. The largest absolute Gasteiger partial charge is 0.497 e. The molecule has 0 unspecified atom stereocenters.